The number of carbonyl (C=O) groups is 1. The minimum atomic E-state index is -0.977. The van der Waals surface area contributed by atoms with Gasteiger partial charge in [0.05, 0.1) is 30.9 Å². The van der Waals surface area contributed by atoms with Gasteiger partial charge in [-0.25, -0.2) is 4.68 Å². The van der Waals surface area contributed by atoms with Gasteiger partial charge in [0.1, 0.15) is 0 Å². The number of aryl methyl sites for hydroxylation is 1. The topological polar surface area (TPSA) is 81.4 Å². The fourth-order valence-corrected chi connectivity index (χ4v) is 2.73. The van der Waals surface area contributed by atoms with Crippen molar-refractivity contribution in [2.24, 2.45) is 5.92 Å². The lowest BCUT2D eigenvalue weighted by Gasteiger charge is -2.35. The predicted molar refractivity (Wildman–Crippen MR) is 76.8 cm³/mol. The van der Waals surface area contributed by atoms with Crippen molar-refractivity contribution in [3.05, 3.63) is 28.2 Å². The molecule has 6 nitrogen and oxygen atoms in total. The number of hydrogen-bond acceptors (Lipinski definition) is 5. The number of aromatic nitrogens is 2. The zero-order chi connectivity index (χ0) is 15.5. The highest BCUT2D eigenvalue weighted by atomic mass is 16.5. The third kappa shape index (κ3) is 3.91. The first kappa shape index (κ1) is 15.7. The molecule has 0 atom stereocenters. The Morgan fingerprint density at radius 2 is 2.19 bits per heavy atom. The molecule has 1 fully saturated rings. The number of carbonyl (C=O) groups excluding carboxylic acids is 1. The second kappa shape index (κ2) is 6.39. The third-order valence-corrected chi connectivity index (χ3v) is 3.99. The molecular formula is C15H22N2O4. The Kier molecular flexibility index (Phi) is 4.77. The molecule has 0 aromatic carbocycles. The van der Waals surface area contributed by atoms with Crippen LogP contribution < -0.4 is 5.56 Å². The molecule has 1 aliphatic rings. The van der Waals surface area contributed by atoms with Gasteiger partial charge in [-0.15, -0.1) is 0 Å². The third-order valence-electron chi connectivity index (χ3n) is 3.99. The van der Waals surface area contributed by atoms with Gasteiger partial charge < -0.3 is 9.84 Å². The van der Waals surface area contributed by atoms with Crippen molar-refractivity contribution in [3.63, 3.8) is 0 Å². The maximum atomic E-state index is 11.8. The van der Waals surface area contributed by atoms with E-state index in [2.05, 4.69) is 5.10 Å². The van der Waals surface area contributed by atoms with Crippen molar-refractivity contribution in [1.29, 1.82) is 0 Å². The van der Waals surface area contributed by atoms with Crippen LogP contribution in [0.25, 0.3) is 0 Å². The van der Waals surface area contributed by atoms with Crippen molar-refractivity contribution in [2.75, 3.05) is 6.61 Å². The Hall–Kier alpha value is -1.69. The molecule has 0 radical (unpaired) electrons. The minimum absolute atomic E-state index is 0.145. The fourth-order valence-electron chi connectivity index (χ4n) is 2.73. The van der Waals surface area contributed by atoms with E-state index in [0.29, 0.717) is 32.3 Å². The van der Waals surface area contributed by atoms with E-state index in [-0.39, 0.29) is 24.0 Å². The van der Waals surface area contributed by atoms with Crippen LogP contribution in [0.5, 0.6) is 0 Å². The van der Waals surface area contributed by atoms with Gasteiger partial charge in [0, 0.05) is 6.07 Å². The molecular weight excluding hydrogens is 272 g/mol. The first-order valence-electron chi connectivity index (χ1n) is 7.36. The molecule has 0 spiro atoms. The summed E-state index contributed by atoms with van der Waals surface area (Å²) in [6, 6.07) is 1.50. The van der Waals surface area contributed by atoms with Crippen molar-refractivity contribution in [3.8, 4) is 0 Å². The highest BCUT2D eigenvalue weighted by Crippen LogP contribution is 2.33. The Morgan fingerprint density at radius 1 is 1.52 bits per heavy atom. The van der Waals surface area contributed by atoms with Gasteiger partial charge in [-0.05, 0) is 45.1 Å². The number of nitrogens with zero attached hydrogens (tertiary/aromatic N) is 2. The van der Waals surface area contributed by atoms with Gasteiger partial charge in [0.15, 0.2) is 0 Å². The van der Waals surface area contributed by atoms with E-state index in [0.717, 1.165) is 5.56 Å². The van der Waals surface area contributed by atoms with Crippen LogP contribution in [0.15, 0.2) is 17.1 Å². The van der Waals surface area contributed by atoms with Crippen LogP contribution in [0.4, 0.5) is 0 Å². The van der Waals surface area contributed by atoms with Crippen molar-refractivity contribution in [2.45, 2.75) is 51.7 Å². The molecule has 1 aliphatic carbocycles. The van der Waals surface area contributed by atoms with Crippen LogP contribution >= 0.6 is 0 Å². The van der Waals surface area contributed by atoms with Crippen molar-refractivity contribution in [1.82, 2.24) is 9.78 Å². The highest BCUT2D eigenvalue weighted by molar-refractivity contribution is 5.72. The Labute approximate surface area is 123 Å². The molecule has 1 saturated carbocycles. The Bertz CT molecular complexity index is 559. The van der Waals surface area contributed by atoms with E-state index < -0.39 is 5.60 Å². The number of esters is 1. The molecule has 0 amide bonds. The lowest BCUT2D eigenvalue weighted by atomic mass is 9.79. The molecule has 0 bridgehead atoms. The second-order valence-corrected chi connectivity index (χ2v) is 5.78. The second-order valence-electron chi connectivity index (χ2n) is 5.78. The summed E-state index contributed by atoms with van der Waals surface area (Å²) in [6.07, 6.45) is 3.71. The van der Waals surface area contributed by atoms with Crippen molar-refractivity contribution >= 4 is 5.97 Å². The zero-order valence-electron chi connectivity index (χ0n) is 12.5. The summed E-state index contributed by atoms with van der Waals surface area (Å²) >= 11 is 0. The summed E-state index contributed by atoms with van der Waals surface area (Å²) in [5, 5.41) is 14.6. The normalized spacial score (nSPS) is 25.6. The van der Waals surface area contributed by atoms with E-state index in [4.69, 9.17) is 4.74 Å². The molecule has 1 aromatic heterocycles. The quantitative estimate of drug-likeness (QED) is 0.839. The average Bonchev–Trinajstić information content (AvgIpc) is 2.43. The number of rotatable bonds is 4. The smallest absolute Gasteiger partial charge is 0.308 e. The summed E-state index contributed by atoms with van der Waals surface area (Å²) in [5.74, 6) is -0.335. The number of aliphatic hydroxyl groups is 1. The van der Waals surface area contributed by atoms with E-state index in [1.165, 1.54) is 10.7 Å². The zero-order valence-corrected chi connectivity index (χ0v) is 12.5. The van der Waals surface area contributed by atoms with Crippen LogP contribution in [-0.4, -0.2) is 33.1 Å². The summed E-state index contributed by atoms with van der Waals surface area (Å²) in [5.41, 5.74) is -0.389. The van der Waals surface area contributed by atoms with Gasteiger partial charge >= 0.3 is 5.97 Å². The maximum absolute atomic E-state index is 11.8. The number of ether oxygens (including phenoxy) is 1. The first-order chi connectivity index (χ1) is 9.93. The van der Waals surface area contributed by atoms with E-state index in [9.17, 15) is 14.7 Å². The van der Waals surface area contributed by atoms with Gasteiger partial charge in [-0.3, -0.25) is 9.59 Å². The largest absolute Gasteiger partial charge is 0.466 e. The monoisotopic (exact) mass is 294 g/mol. The molecule has 6 heteroatoms. The van der Waals surface area contributed by atoms with Crippen LogP contribution in [0, 0.1) is 12.8 Å². The SMILES string of the molecule is CCOC(=O)C1CCC(O)(Cn2ncc(C)cc2=O)CC1. The van der Waals surface area contributed by atoms with Gasteiger partial charge in [-0.2, -0.15) is 5.10 Å². The molecule has 0 saturated heterocycles. The maximum Gasteiger partial charge on any atom is 0.308 e. The molecule has 1 N–H and O–H groups in total. The van der Waals surface area contributed by atoms with Crippen LogP contribution in [0.3, 0.4) is 0 Å². The summed E-state index contributed by atoms with van der Waals surface area (Å²) in [4.78, 5) is 23.5. The summed E-state index contributed by atoms with van der Waals surface area (Å²) in [7, 11) is 0. The highest BCUT2D eigenvalue weighted by Gasteiger charge is 2.37. The molecule has 21 heavy (non-hydrogen) atoms. The predicted octanol–water partition coefficient (Wildman–Crippen LogP) is 1.04. The van der Waals surface area contributed by atoms with Gasteiger partial charge in [0.25, 0.3) is 5.56 Å². The lowest BCUT2D eigenvalue weighted by molar-refractivity contribution is -0.151. The van der Waals surface area contributed by atoms with Crippen LogP contribution in [-0.2, 0) is 16.1 Å². The van der Waals surface area contributed by atoms with Crippen molar-refractivity contribution < 1.29 is 14.6 Å². The van der Waals surface area contributed by atoms with E-state index >= 15 is 0 Å². The molecule has 1 heterocycles. The summed E-state index contributed by atoms with van der Waals surface area (Å²) in [6.45, 7) is 4.13. The van der Waals surface area contributed by atoms with E-state index in [1.54, 1.807) is 20.0 Å². The molecule has 0 unspecified atom stereocenters. The average molecular weight is 294 g/mol. The van der Waals surface area contributed by atoms with Gasteiger partial charge in [0.2, 0.25) is 0 Å². The molecule has 1 aromatic rings. The molecule has 2 rings (SSSR count). The fraction of sp³-hybridized carbons (Fsp3) is 0.667. The number of hydrogen-bond donors (Lipinski definition) is 1. The molecule has 116 valence electrons. The van der Waals surface area contributed by atoms with E-state index in [1.807, 2.05) is 0 Å². The minimum Gasteiger partial charge on any atom is -0.466 e. The van der Waals surface area contributed by atoms with Gasteiger partial charge in [-0.1, -0.05) is 0 Å². The van der Waals surface area contributed by atoms with Crippen LogP contribution in [0.2, 0.25) is 0 Å². The Morgan fingerprint density at radius 3 is 2.76 bits per heavy atom. The molecule has 0 aliphatic heterocycles. The summed E-state index contributed by atoms with van der Waals surface area (Å²) < 4.78 is 6.30. The Balaban J connectivity index is 1.99. The lowest BCUT2D eigenvalue weighted by Crippen LogP contribution is -2.43. The first-order valence-corrected chi connectivity index (χ1v) is 7.36. The van der Waals surface area contributed by atoms with Crippen LogP contribution in [0.1, 0.15) is 38.2 Å². The standard InChI is InChI=1S/C15H22N2O4/c1-3-21-14(19)12-4-6-15(20,7-5-12)10-17-13(18)8-11(2)9-16-17/h8-9,12,20H,3-7,10H2,1-2H3.